The van der Waals surface area contributed by atoms with E-state index in [1.807, 2.05) is 36.7 Å². The van der Waals surface area contributed by atoms with Crippen LogP contribution >= 0.6 is 11.8 Å². The molecular weight excluding hydrogens is 384 g/mol. The van der Waals surface area contributed by atoms with Crippen LogP contribution in [0.4, 0.5) is 0 Å². The van der Waals surface area contributed by atoms with E-state index in [0.29, 0.717) is 22.1 Å². The largest absolute Gasteiger partial charge is 0.483 e. The molecule has 7 heteroatoms. The Morgan fingerprint density at radius 1 is 1.17 bits per heavy atom. The molecule has 1 unspecified atom stereocenters. The normalized spacial score (nSPS) is 11.7. The molecule has 29 heavy (non-hydrogen) atoms. The minimum absolute atomic E-state index is 0.0237. The first-order chi connectivity index (χ1) is 14.0. The minimum Gasteiger partial charge on any atom is -0.483 e. The van der Waals surface area contributed by atoms with Crippen LogP contribution in [0.15, 0.2) is 53.7 Å². The fourth-order valence-electron chi connectivity index (χ4n) is 2.81. The monoisotopic (exact) mass is 406 g/mol. The lowest BCUT2D eigenvalue weighted by Crippen LogP contribution is -2.10. The molecule has 1 heterocycles. The van der Waals surface area contributed by atoms with Crippen LogP contribution in [0.5, 0.6) is 5.75 Å². The number of hydrogen-bond donors (Lipinski definition) is 0. The van der Waals surface area contributed by atoms with Crippen LogP contribution in [0.2, 0.25) is 0 Å². The number of carbonyl (C=O) groups is 1. The molecule has 0 saturated heterocycles. The predicted molar refractivity (Wildman–Crippen MR) is 112 cm³/mol. The topological polar surface area (TPSA) is 80.8 Å². The average Bonchev–Trinajstić information content (AvgIpc) is 3.13. The molecule has 3 aromatic rings. The number of aryl methyl sites for hydroxylation is 1. The fraction of sp³-hybridized carbons (Fsp3) is 0.273. The number of carbonyl (C=O) groups excluding carboxylic acids is 1. The van der Waals surface area contributed by atoms with Gasteiger partial charge in [-0.15, -0.1) is 10.2 Å². The summed E-state index contributed by atoms with van der Waals surface area (Å²) in [5.41, 5.74) is 2.37. The molecule has 1 atom stereocenters. The van der Waals surface area contributed by atoms with Crippen molar-refractivity contribution in [1.29, 1.82) is 5.26 Å². The number of ether oxygens (including phenoxy) is 1. The number of nitrogens with zero attached hydrogens (tertiary/aromatic N) is 4. The van der Waals surface area contributed by atoms with Gasteiger partial charge in [-0.25, -0.2) is 0 Å². The summed E-state index contributed by atoms with van der Waals surface area (Å²) >= 11 is 1.33. The van der Waals surface area contributed by atoms with E-state index in [-0.39, 0.29) is 17.6 Å². The molecule has 3 rings (SSSR count). The zero-order valence-corrected chi connectivity index (χ0v) is 17.4. The highest BCUT2D eigenvalue weighted by atomic mass is 32.2. The number of benzene rings is 2. The summed E-state index contributed by atoms with van der Waals surface area (Å²) < 4.78 is 7.83. The van der Waals surface area contributed by atoms with E-state index in [1.54, 1.807) is 24.3 Å². The summed E-state index contributed by atoms with van der Waals surface area (Å²) in [4.78, 5) is 12.4. The summed E-state index contributed by atoms with van der Waals surface area (Å²) in [7, 11) is 1.86. The van der Waals surface area contributed by atoms with Gasteiger partial charge < -0.3 is 9.30 Å². The van der Waals surface area contributed by atoms with Gasteiger partial charge in [0.15, 0.2) is 22.9 Å². The third-order valence-corrected chi connectivity index (χ3v) is 5.57. The summed E-state index contributed by atoms with van der Waals surface area (Å²) in [6.07, 6.45) is 0.713. The van der Waals surface area contributed by atoms with Crippen molar-refractivity contribution < 1.29 is 9.53 Å². The van der Waals surface area contributed by atoms with Gasteiger partial charge in [0.25, 0.3) is 0 Å². The van der Waals surface area contributed by atoms with E-state index < -0.39 is 0 Å². The van der Waals surface area contributed by atoms with Crippen LogP contribution in [-0.2, 0) is 13.5 Å². The number of Topliss-reactive ketones (excluding diaryl/α,β-unsaturated/α-hetero) is 1. The Labute approximate surface area is 174 Å². The quantitative estimate of drug-likeness (QED) is 0.408. The molecule has 2 aromatic carbocycles. The number of nitriles is 1. The lowest BCUT2D eigenvalue weighted by Gasteiger charge is -2.14. The number of rotatable bonds is 8. The lowest BCUT2D eigenvalue weighted by atomic mass is 10.1. The van der Waals surface area contributed by atoms with Crippen LogP contribution in [0.1, 0.15) is 47.3 Å². The van der Waals surface area contributed by atoms with E-state index in [4.69, 9.17) is 10.00 Å². The van der Waals surface area contributed by atoms with Gasteiger partial charge in [-0.3, -0.25) is 4.79 Å². The Morgan fingerprint density at radius 3 is 2.48 bits per heavy atom. The standard InChI is InChI=1S/C22H22N4O2S/c1-4-16-7-11-19(12-8-16)28-15(2)21-24-25-22(26(21)3)29-14-20(27)18-9-5-17(13-23)6-10-18/h5-12,15H,4,14H2,1-3H3. The number of thioether (sulfide) groups is 1. The molecule has 0 aliphatic heterocycles. The molecule has 148 valence electrons. The Bertz CT molecular complexity index is 1020. The van der Waals surface area contributed by atoms with Crippen molar-refractivity contribution in [2.45, 2.75) is 31.5 Å². The van der Waals surface area contributed by atoms with E-state index in [0.717, 1.165) is 12.2 Å². The Balaban J connectivity index is 1.61. The molecule has 0 N–H and O–H groups in total. The fourth-order valence-corrected chi connectivity index (χ4v) is 3.62. The molecule has 0 fully saturated rings. The van der Waals surface area contributed by atoms with E-state index in [9.17, 15) is 4.79 Å². The Kier molecular flexibility index (Phi) is 6.68. The van der Waals surface area contributed by atoms with Gasteiger partial charge in [0.05, 0.1) is 17.4 Å². The first-order valence-corrected chi connectivity index (χ1v) is 10.3. The molecule has 0 amide bonds. The van der Waals surface area contributed by atoms with Crippen LogP contribution in [0.3, 0.4) is 0 Å². The molecule has 1 aromatic heterocycles. The summed E-state index contributed by atoms with van der Waals surface area (Å²) in [5, 5.41) is 17.9. The number of aromatic nitrogens is 3. The van der Waals surface area contributed by atoms with Crippen molar-refractivity contribution in [2.75, 3.05) is 5.75 Å². The van der Waals surface area contributed by atoms with Crippen molar-refractivity contribution in [3.8, 4) is 11.8 Å². The van der Waals surface area contributed by atoms with Gasteiger partial charge in [0.1, 0.15) is 5.75 Å². The predicted octanol–water partition coefficient (Wildman–Crippen LogP) is 4.36. The highest BCUT2D eigenvalue weighted by Crippen LogP contribution is 2.24. The molecule has 0 saturated carbocycles. The van der Waals surface area contributed by atoms with E-state index >= 15 is 0 Å². The third kappa shape index (κ3) is 5.04. The van der Waals surface area contributed by atoms with Crippen LogP contribution in [0, 0.1) is 11.3 Å². The van der Waals surface area contributed by atoms with Crippen molar-refractivity contribution in [2.24, 2.45) is 7.05 Å². The maximum absolute atomic E-state index is 12.4. The average molecular weight is 407 g/mol. The van der Waals surface area contributed by atoms with Crippen molar-refractivity contribution >= 4 is 17.5 Å². The molecule has 0 spiro atoms. The highest BCUT2D eigenvalue weighted by Gasteiger charge is 2.18. The van der Waals surface area contributed by atoms with Gasteiger partial charge in [-0.1, -0.05) is 43.0 Å². The molecule has 0 aliphatic carbocycles. The van der Waals surface area contributed by atoms with Crippen LogP contribution in [-0.4, -0.2) is 26.3 Å². The van der Waals surface area contributed by atoms with E-state index in [2.05, 4.69) is 29.3 Å². The second kappa shape index (κ2) is 9.39. The highest BCUT2D eigenvalue weighted by molar-refractivity contribution is 7.99. The second-order valence-corrected chi connectivity index (χ2v) is 7.50. The molecule has 0 aliphatic rings. The maximum atomic E-state index is 12.4. The van der Waals surface area contributed by atoms with Gasteiger partial charge >= 0.3 is 0 Å². The maximum Gasteiger partial charge on any atom is 0.191 e. The van der Waals surface area contributed by atoms with Crippen molar-refractivity contribution in [1.82, 2.24) is 14.8 Å². The summed E-state index contributed by atoms with van der Waals surface area (Å²) in [6.45, 7) is 4.04. The number of ketones is 1. The van der Waals surface area contributed by atoms with E-state index in [1.165, 1.54) is 17.3 Å². The van der Waals surface area contributed by atoms with Gasteiger partial charge in [0, 0.05) is 12.6 Å². The Hall–Kier alpha value is -3.11. The van der Waals surface area contributed by atoms with Gasteiger partial charge in [-0.2, -0.15) is 5.26 Å². The zero-order valence-electron chi connectivity index (χ0n) is 16.6. The molecule has 6 nitrogen and oxygen atoms in total. The minimum atomic E-state index is -0.274. The smallest absolute Gasteiger partial charge is 0.191 e. The van der Waals surface area contributed by atoms with Crippen LogP contribution in [0.25, 0.3) is 0 Å². The van der Waals surface area contributed by atoms with Crippen molar-refractivity contribution in [3.05, 3.63) is 71.0 Å². The van der Waals surface area contributed by atoms with Gasteiger partial charge in [0.2, 0.25) is 0 Å². The summed E-state index contributed by atoms with van der Waals surface area (Å²) in [5.74, 6) is 1.69. The zero-order chi connectivity index (χ0) is 20.8. The lowest BCUT2D eigenvalue weighted by molar-refractivity contribution is 0.102. The number of hydrogen-bond acceptors (Lipinski definition) is 6. The Morgan fingerprint density at radius 2 is 1.86 bits per heavy atom. The van der Waals surface area contributed by atoms with Crippen molar-refractivity contribution in [3.63, 3.8) is 0 Å². The molecule has 0 bridgehead atoms. The second-order valence-electron chi connectivity index (χ2n) is 6.56. The third-order valence-electron chi connectivity index (χ3n) is 4.54. The molecule has 0 radical (unpaired) electrons. The summed E-state index contributed by atoms with van der Waals surface area (Å²) in [6, 6.07) is 16.7. The first-order valence-electron chi connectivity index (χ1n) is 9.32. The molecular formula is C22H22N4O2S. The first kappa shape index (κ1) is 20.6. The SMILES string of the molecule is CCc1ccc(OC(C)c2nnc(SCC(=O)c3ccc(C#N)cc3)n2C)cc1. The van der Waals surface area contributed by atoms with Crippen LogP contribution < -0.4 is 4.74 Å². The van der Waals surface area contributed by atoms with Gasteiger partial charge in [-0.05, 0) is 43.2 Å².